The first-order chi connectivity index (χ1) is 12.7. The molecule has 0 fully saturated rings. The number of aryl methyl sites for hydroxylation is 1. The van der Waals surface area contributed by atoms with E-state index in [4.69, 9.17) is 0 Å². The molecule has 3 aromatic heterocycles. The van der Waals surface area contributed by atoms with Crippen molar-refractivity contribution < 1.29 is 0 Å². The number of nitrogens with one attached hydrogen (secondary N) is 3. The number of hydrogen-bond donors (Lipinski definition) is 3. The molecule has 3 N–H and O–H groups in total. The van der Waals surface area contributed by atoms with Crippen LogP contribution in [0.2, 0.25) is 0 Å². The van der Waals surface area contributed by atoms with Crippen molar-refractivity contribution in [1.29, 1.82) is 0 Å². The molecule has 4 rings (SSSR count). The van der Waals surface area contributed by atoms with Crippen LogP contribution in [-0.4, -0.2) is 31.7 Å². The van der Waals surface area contributed by atoms with Crippen molar-refractivity contribution in [3.63, 3.8) is 0 Å². The molecule has 0 aliphatic heterocycles. The zero-order valence-electron chi connectivity index (χ0n) is 15.2. The second-order valence-corrected chi connectivity index (χ2v) is 6.47. The number of imidazole rings is 1. The number of benzene rings is 1. The van der Waals surface area contributed by atoms with Crippen LogP contribution in [0.5, 0.6) is 0 Å². The maximum absolute atomic E-state index is 4.51. The van der Waals surface area contributed by atoms with Gasteiger partial charge in [-0.3, -0.25) is 10.1 Å². The number of nitrogens with zero attached hydrogens (tertiary/aromatic N) is 3. The van der Waals surface area contributed by atoms with E-state index in [2.05, 4.69) is 62.5 Å². The fourth-order valence-electron chi connectivity index (χ4n) is 3.19. The Bertz CT molecular complexity index is 1060. The van der Waals surface area contributed by atoms with E-state index in [1.807, 2.05) is 25.5 Å². The molecule has 0 saturated carbocycles. The molecule has 0 atom stereocenters. The fraction of sp³-hybridized carbons (Fsp3) is 0.250. The van der Waals surface area contributed by atoms with Crippen LogP contribution in [0.15, 0.2) is 36.8 Å². The Morgan fingerprint density at radius 3 is 2.81 bits per heavy atom. The van der Waals surface area contributed by atoms with Crippen LogP contribution < -0.4 is 5.32 Å². The van der Waals surface area contributed by atoms with Gasteiger partial charge in [0, 0.05) is 36.1 Å². The summed E-state index contributed by atoms with van der Waals surface area (Å²) < 4.78 is 0. The lowest BCUT2D eigenvalue weighted by atomic mass is 9.98. The van der Waals surface area contributed by atoms with Crippen molar-refractivity contribution in [1.82, 2.24) is 30.5 Å². The third kappa shape index (κ3) is 2.88. The maximum Gasteiger partial charge on any atom is 0.158 e. The average molecular weight is 346 g/mol. The Labute approximate surface area is 152 Å². The largest absolute Gasteiger partial charge is 0.343 e. The lowest BCUT2D eigenvalue weighted by Gasteiger charge is -2.11. The van der Waals surface area contributed by atoms with Crippen LogP contribution in [0.25, 0.3) is 33.5 Å². The van der Waals surface area contributed by atoms with Gasteiger partial charge in [-0.15, -0.1) is 0 Å². The van der Waals surface area contributed by atoms with Gasteiger partial charge in [0.05, 0.1) is 11.2 Å². The standard InChI is InChI=1S/C20H22N6/c1-4-21-9-15-10-22-11-17(13(15)3)14-5-6-18-16(7-14)19(26-25-18)20-23-8-12(2)24-20/h5-8,10-11,21H,4,9H2,1-3H3,(H,23,24)(H,25,26). The Morgan fingerprint density at radius 2 is 2.04 bits per heavy atom. The molecule has 0 unspecified atom stereocenters. The molecule has 0 saturated heterocycles. The predicted molar refractivity (Wildman–Crippen MR) is 104 cm³/mol. The van der Waals surface area contributed by atoms with E-state index >= 15 is 0 Å². The minimum absolute atomic E-state index is 0.779. The highest BCUT2D eigenvalue weighted by molar-refractivity contribution is 5.94. The second-order valence-electron chi connectivity index (χ2n) is 6.47. The number of hydrogen-bond acceptors (Lipinski definition) is 4. The SMILES string of the molecule is CCNCc1cncc(-c2ccc3[nH]nc(-c4nc(C)c[nH]4)c3c2)c1C. The second kappa shape index (κ2) is 6.72. The Kier molecular flexibility index (Phi) is 4.26. The Balaban J connectivity index is 1.81. The summed E-state index contributed by atoms with van der Waals surface area (Å²) in [6, 6.07) is 6.33. The Morgan fingerprint density at radius 1 is 1.15 bits per heavy atom. The van der Waals surface area contributed by atoms with Crippen molar-refractivity contribution in [3.8, 4) is 22.6 Å². The minimum atomic E-state index is 0.779. The molecule has 4 aromatic rings. The maximum atomic E-state index is 4.51. The van der Waals surface area contributed by atoms with E-state index < -0.39 is 0 Å². The van der Waals surface area contributed by atoms with Crippen LogP contribution in [0.3, 0.4) is 0 Å². The number of pyridine rings is 1. The first-order valence-electron chi connectivity index (χ1n) is 8.82. The summed E-state index contributed by atoms with van der Waals surface area (Å²) in [5, 5.41) is 12.0. The van der Waals surface area contributed by atoms with Crippen LogP contribution >= 0.6 is 0 Å². The van der Waals surface area contributed by atoms with Gasteiger partial charge in [-0.25, -0.2) is 4.98 Å². The molecule has 6 nitrogen and oxygen atoms in total. The first kappa shape index (κ1) is 16.5. The van der Waals surface area contributed by atoms with E-state index in [-0.39, 0.29) is 0 Å². The van der Waals surface area contributed by atoms with Crippen LogP contribution in [0.1, 0.15) is 23.7 Å². The molecule has 0 radical (unpaired) electrons. The number of aromatic nitrogens is 5. The lowest BCUT2D eigenvalue weighted by Crippen LogP contribution is -2.13. The minimum Gasteiger partial charge on any atom is -0.343 e. The van der Waals surface area contributed by atoms with Gasteiger partial charge in [0.1, 0.15) is 5.69 Å². The zero-order valence-corrected chi connectivity index (χ0v) is 15.2. The third-order valence-electron chi connectivity index (χ3n) is 4.69. The first-order valence-corrected chi connectivity index (χ1v) is 8.82. The van der Waals surface area contributed by atoms with Crippen LogP contribution in [-0.2, 0) is 6.54 Å². The summed E-state index contributed by atoms with van der Waals surface area (Å²) in [4.78, 5) is 12.1. The molecule has 3 heterocycles. The highest BCUT2D eigenvalue weighted by atomic mass is 15.1. The molecule has 0 spiro atoms. The summed E-state index contributed by atoms with van der Waals surface area (Å²) in [6.45, 7) is 7.99. The van der Waals surface area contributed by atoms with Crippen molar-refractivity contribution in [2.75, 3.05) is 6.54 Å². The van der Waals surface area contributed by atoms with Gasteiger partial charge in [-0.1, -0.05) is 13.0 Å². The highest BCUT2D eigenvalue weighted by Crippen LogP contribution is 2.31. The number of fused-ring (bicyclic) bond motifs is 1. The molecular formula is C20H22N6. The molecule has 0 aliphatic rings. The van der Waals surface area contributed by atoms with Gasteiger partial charge in [0.2, 0.25) is 0 Å². The summed E-state index contributed by atoms with van der Waals surface area (Å²) >= 11 is 0. The van der Waals surface area contributed by atoms with Gasteiger partial charge in [-0.2, -0.15) is 5.10 Å². The fourth-order valence-corrected chi connectivity index (χ4v) is 3.19. The molecule has 0 amide bonds. The lowest BCUT2D eigenvalue weighted by molar-refractivity contribution is 0.721. The monoisotopic (exact) mass is 346 g/mol. The molecule has 1 aromatic carbocycles. The number of H-pyrrole nitrogens is 2. The van der Waals surface area contributed by atoms with Crippen molar-refractivity contribution in [2.45, 2.75) is 27.3 Å². The highest BCUT2D eigenvalue weighted by Gasteiger charge is 2.13. The molecular weight excluding hydrogens is 324 g/mol. The topological polar surface area (TPSA) is 82.3 Å². The summed E-state index contributed by atoms with van der Waals surface area (Å²) in [7, 11) is 0. The van der Waals surface area contributed by atoms with Gasteiger partial charge in [0.15, 0.2) is 5.82 Å². The van der Waals surface area contributed by atoms with Gasteiger partial charge in [0.25, 0.3) is 0 Å². The van der Waals surface area contributed by atoms with Crippen molar-refractivity contribution in [3.05, 3.63) is 53.6 Å². The molecule has 26 heavy (non-hydrogen) atoms. The van der Waals surface area contributed by atoms with Crippen LogP contribution in [0, 0.1) is 13.8 Å². The smallest absolute Gasteiger partial charge is 0.158 e. The quantitative estimate of drug-likeness (QED) is 0.514. The molecule has 0 aliphatic carbocycles. The summed E-state index contributed by atoms with van der Waals surface area (Å²) in [6.07, 6.45) is 5.76. The summed E-state index contributed by atoms with van der Waals surface area (Å²) in [5.41, 5.74) is 7.52. The van der Waals surface area contributed by atoms with Crippen molar-refractivity contribution >= 4 is 10.9 Å². The van der Waals surface area contributed by atoms with Gasteiger partial charge >= 0.3 is 0 Å². The number of aromatic amines is 2. The average Bonchev–Trinajstić information content (AvgIpc) is 3.26. The third-order valence-corrected chi connectivity index (χ3v) is 4.69. The van der Waals surface area contributed by atoms with Crippen LogP contribution in [0.4, 0.5) is 0 Å². The van der Waals surface area contributed by atoms with E-state index in [1.54, 1.807) is 0 Å². The normalized spacial score (nSPS) is 11.3. The van der Waals surface area contributed by atoms with Gasteiger partial charge in [-0.05, 0) is 49.2 Å². The van der Waals surface area contributed by atoms with Gasteiger partial charge < -0.3 is 10.3 Å². The zero-order chi connectivity index (χ0) is 18.1. The van der Waals surface area contributed by atoms with E-state index in [9.17, 15) is 0 Å². The molecule has 0 bridgehead atoms. The van der Waals surface area contributed by atoms with E-state index in [0.29, 0.717) is 0 Å². The van der Waals surface area contributed by atoms with E-state index in [0.717, 1.165) is 52.3 Å². The Hall–Kier alpha value is -2.99. The predicted octanol–water partition coefficient (Wildman–Crippen LogP) is 3.74. The van der Waals surface area contributed by atoms with E-state index in [1.165, 1.54) is 11.1 Å². The van der Waals surface area contributed by atoms with Crippen molar-refractivity contribution in [2.24, 2.45) is 0 Å². The molecule has 6 heteroatoms. The molecule has 132 valence electrons. The number of rotatable bonds is 5. The summed E-state index contributed by atoms with van der Waals surface area (Å²) in [5.74, 6) is 0.779.